The van der Waals surface area contributed by atoms with Crippen LogP contribution >= 0.6 is 0 Å². The maximum absolute atomic E-state index is 4.86. The maximum Gasteiger partial charge on any atom is 0.0636 e. The summed E-state index contributed by atoms with van der Waals surface area (Å²) in [5, 5.41) is 3.14. The van der Waals surface area contributed by atoms with Gasteiger partial charge in [0.1, 0.15) is 0 Å². The molecule has 3 heteroatoms. The lowest BCUT2D eigenvalue weighted by Gasteiger charge is -2.10. The fourth-order valence-corrected chi connectivity index (χ4v) is 1.61. The lowest BCUT2D eigenvalue weighted by atomic mass is 10.00. The summed E-state index contributed by atoms with van der Waals surface area (Å²) in [6.07, 6.45) is 5.91. The van der Waals surface area contributed by atoms with Crippen LogP contribution in [0.15, 0.2) is 36.6 Å². The molecule has 0 heterocycles. The molecule has 92 valence electrons. The van der Waals surface area contributed by atoms with E-state index >= 15 is 0 Å². The first-order valence-electron chi connectivity index (χ1n) is 5.63. The van der Waals surface area contributed by atoms with Gasteiger partial charge in [0.2, 0.25) is 0 Å². The standard InChI is InChI=1S/C14H20N2O/c1-5-6-12(10-16-17-4)14-9-13(15-3)8-7-11(14)2/h5-10,15-16H,1-4H3/b6-5-,12-10+. The summed E-state index contributed by atoms with van der Waals surface area (Å²) in [5.41, 5.74) is 7.35. The van der Waals surface area contributed by atoms with Crippen LogP contribution in [-0.4, -0.2) is 14.2 Å². The first kappa shape index (κ1) is 13.3. The molecule has 0 radical (unpaired) electrons. The Bertz CT molecular complexity index is 422. The Morgan fingerprint density at radius 3 is 2.71 bits per heavy atom. The van der Waals surface area contributed by atoms with E-state index in [9.17, 15) is 0 Å². The van der Waals surface area contributed by atoms with Gasteiger partial charge < -0.3 is 5.32 Å². The fourth-order valence-electron chi connectivity index (χ4n) is 1.61. The van der Waals surface area contributed by atoms with E-state index in [0.717, 1.165) is 11.3 Å². The van der Waals surface area contributed by atoms with Gasteiger partial charge in [-0.15, -0.1) is 0 Å². The highest BCUT2D eigenvalue weighted by molar-refractivity contribution is 5.77. The average molecular weight is 232 g/mol. The van der Waals surface area contributed by atoms with Crippen LogP contribution in [0.25, 0.3) is 5.57 Å². The number of nitrogens with one attached hydrogen (secondary N) is 2. The lowest BCUT2D eigenvalue weighted by Crippen LogP contribution is -2.03. The summed E-state index contributed by atoms with van der Waals surface area (Å²) >= 11 is 0. The van der Waals surface area contributed by atoms with Crippen molar-refractivity contribution < 1.29 is 4.84 Å². The van der Waals surface area contributed by atoms with E-state index < -0.39 is 0 Å². The molecule has 1 aromatic rings. The molecule has 0 aliphatic carbocycles. The molecule has 0 aliphatic heterocycles. The van der Waals surface area contributed by atoms with E-state index in [2.05, 4.69) is 35.9 Å². The third kappa shape index (κ3) is 3.64. The lowest BCUT2D eigenvalue weighted by molar-refractivity contribution is 0.129. The predicted molar refractivity (Wildman–Crippen MR) is 73.7 cm³/mol. The molecule has 0 unspecified atom stereocenters. The molecule has 1 aromatic carbocycles. The zero-order chi connectivity index (χ0) is 12.7. The number of rotatable bonds is 5. The Kier molecular flexibility index (Phi) is 5.30. The van der Waals surface area contributed by atoms with Crippen molar-refractivity contribution in [3.8, 4) is 0 Å². The number of aryl methyl sites for hydroxylation is 1. The van der Waals surface area contributed by atoms with Crippen molar-refractivity contribution in [1.82, 2.24) is 5.48 Å². The summed E-state index contributed by atoms with van der Waals surface area (Å²) < 4.78 is 0. The van der Waals surface area contributed by atoms with Crippen LogP contribution in [0.2, 0.25) is 0 Å². The van der Waals surface area contributed by atoms with Crippen molar-refractivity contribution in [2.24, 2.45) is 0 Å². The van der Waals surface area contributed by atoms with E-state index in [4.69, 9.17) is 4.84 Å². The van der Waals surface area contributed by atoms with Gasteiger partial charge in [-0.25, -0.2) is 0 Å². The van der Waals surface area contributed by atoms with E-state index in [0.29, 0.717) is 0 Å². The minimum absolute atomic E-state index is 1.09. The fraction of sp³-hybridized carbons (Fsp3) is 0.286. The molecule has 0 aromatic heterocycles. The Labute approximate surface area is 103 Å². The summed E-state index contributed by atoms with van der Waals surface area (Å²) in [6.45, 7) is 4.09. The van der Waals surface area contributed by atoms with Gasteiger partial charge in [0, 0.05) is 18.9 Å². The molecule has 0 spiro atoms. The third-order valence-corrected chi connectivity index (χ3v) is 2.52. The molecule has 0 amide bonds. The van der Waals surface area contributed by atoms with Crippen molar-refractivity contribution in [2.45, 2.75) is 13.8 Å². The normalized spacial score (nSPS) is 11.9. The minimum atomic E-state index is 1.09. The molecule has 0 saturated heterocycles. The molecule has 3 nitrogen and oxygen atoms in total. The summed E-state index contributed by atoms with van der Waals surface area (Å²) in [5.74, 6) is 0. The smallest absolute Gasteiger partial charge is 0.0636 e. The van der Waals surface area contributed by atoms with Gasteiger partial charge in [0.25, 0.3) is 0 Å². The molecule has 1 rings (SSSR count). The van der Waals surface area contributed by atoms with Crippen molar-refractivity contribution in [3.63, 3.8) is 0 Å². The Morgan fingerprint density at radius 1 is 1.35 bits per heavy atom. The highest BCUT2D eigenvalue weighted by Gasteiger charge is 2.03. The van der Waals surface area contributed by atoms with Crippen LogP contribution in [0.4, 0.5) is 5.69 Å². The summed E-state index contributed by atoms with van der Waals surface area (Å²) in [4.78, 5) is 4.86. The second kappa shape index (κ2) is 6.76. The van der Waals surface area contributed by atoms with Crippen molar-refractivity contribution >= 4 is 11.3 Å². The van der Waals surface area contributed by atoms with Crippen LogP contribution in [0.3, 0.4) is 0 Å². The van der Waals surface area contributed by atoms with Gasteiger partial charge >= 0.3 is 0 Å². The summed E-state index contributed by atoms with van der Waals surface area (Å²) in [6, 6.07) is 6.29. The van der Waals surface area contributed by atoms with Gasteiger partial charge in [-0.1, -0.05) is 18.2 Å². The van der Waals surface area contributed by atoms with E-state index in [1.54, 1.807) is 7.11 Å². The Balaban J connectivity index is 3.17. The zero-order valence-corrected chi connectivity index (χ0v) is 10.9. The van der Waals surface area contributed by atoms with Gasteiger partial charge in [-0.2, -0.15) is 0 Å². The second-order valence-electron chi connectivity index (χ2n) is 3.70. The van der Waals surface area contributed by atoms with Crippen LogP contribution in [0.1, 0.15) is 18.1 Å². The molecule has 0 saturated carbocycles. The average Bonchev–Trinajstić information content (AvgIpc) is 2.35. The molecular formula is C14H20N2O. The van der Waals surface area contributed by atoms with Gasteiger partial charge in [-0.05, 0) is 42.7 Å². The molecule has 0 atom stereocenters. The minimum Gasteiger partial charge on any atom is -0.388 e. The highest BCUT2D eigenvalue weighted by Crippen LogP contribution is 2.23. The summed E-state index contributed by atoms with van der Waals surface area (Å²) in [7, 11) is 3.52. The van der Waals surface area contributed by atoms with Gasteiger partial charge in [-0.3, -0.25) is 10.3 Å². The molecule has 17 heavy (non-hydrogen) atoms. The first-order chi connectivity index (χ1) is 8.22. The third-order valence-electron chi connectivity index (χ3n) is 2.52. The predicted octanol–water partition coefficient (Wildman–Crippen LogP) is 3.10. The molecule has 0 aliphatic rings. The van der Waals surface area contributed by atoms with Gasteiger partial charge in [0.05, 0.1) is 7.11 Å². The van der Waals surface area contributed by atoms with Crippen LogP contribution in [-0.2, 0) is 4.84 Å². The van der Waals surface area contributed by atoms with E-state index in [1.807, 2.05) is 32.3 Å². The quantitative estimate of drug-likeness (QED) is 0.604. The largest absolute Gasteiger partial charge is 0.388 e. The Morgan fingerprint density at radius 2 is 2.12 bits per heavy atom. The van der Waals surface area contributed by atoms with E-state index in [-0.39, 0.29) is 0 Å². The van der Waals surface area contributed by atoms with E-state index in [1.165, 1.54) is 11.1 Å². The van der Waals surface area contributed by atoms with Gasteiger partial charge in [0.15, 0.2) is 0 Å². The van der Waals surface area contributed by atoms with Crippen LogP contribution < -0.4 is 10.8 Å². The monoisotopic (exact) mass is 232 g/mol. The number of anilines is 1. The highest BCUT2D eigenvalue weighted by atomic mass is 16.6. The van der Waals surface area contributed by atoms with Crippen LogP contribution in [0.5, 0.6) is 0 Å². The van der Waals surface area contributed by atoms with Crippen molar-refractivity contribution in [1.29, 1.82) is 0 Å². The molecule has 0 bridgehead atoms. The SMILES string of the molecule is C/C=C\C(=C/NOC)c1cc(NC)ccc1C. The topological polar surface area (TPSA) is 33.3 Å². The second-order valence-corrected chi connectivity index (χ2v) is 3.70. The van der Waals surface area contributed by atoms with Crippen molar-refractivity contribution in [3.05, 3.63) is 47.7 Å². The first-order valence-corrected chi connectivity index (χ1v) is 5.63. The number of hydrogen-bond acceptors (Lipinski definition) is 3. The number of hydroxylamine groups is 1. The van der Waals surface area contributed by atoms with Crippen molar-refractivity contribution in [2.75, 3.05) is 19.5 Å². The Hall–Kier alpha value is -1.74. The maximum atomic E-state index is 4.86. The molecule has 0 fully saturated rings. The number of allylic oxidation sites excluding steroid dienone is 3. The van der Waals surface area contributed by atoms with Crippen LogP contribution in [0, 0.1) is 6.92 Å². The molecule has 2 N–H and O–H groups in total. The number of benzene rings is 1. The zero-order valence-electron chi connectivity index (χ0n) is 10.9. The molecular weight excluding hydrogens is 212 g/mol. The number of hydrogen-bond donors (Lipinski definition) is 2.